The van der Waals surface area contributed by atoms with E-state index in [0.29, 0.717) is 12.3 Å². The number of carbonyl (C=O) groups is 2. The number of nitrogens with two attached hydrogens (primary N) is 1. The van der Waals surface area contributed by atoms with Crippen molar-refractivity contribution < 1.29 is 14.3 Å². The maximum absolute atomic E-state index is 12.0. The highest BCUT2D eigenvalue weighted by molar-refractivity contribution is 6.07. The van der Waals surface area contributed by atoms with Crippen molar-refractivity contribution in [1.82, 2.24) is 0 Å². The number of anilines is 1. The topological polar surface area (TPSA) is 81.4 Å². The third kappa shape index (κ3) is 4.71. The molecule has 0 fully saturated rings. The Bertz CT molecular complexity index is 721. The molecule has 5 heteroatoms. The molecule has 2 aromatic rings. The Kier molecular flexibility index (Phi) is 5.52. The van der Waals surface area contributed by atoms with Crippen LogP contribution in [0.4, 0.5) is 5.69 Å². The molecule has 2 rings (SSSR count). The van der Waals surface area contributed by atoms with Gasteiger partial charge in [-0.15, -0.1) is 0 Å². The summed E-state index contributed by atoms with van der Waals surface area (Å²) in [6.45, 7) is 2.53. The zero-order valence-electron chi connectivity index (χ0n) is 12.8. The van der Waals surface area contributed by atoms with Gasteiger partial charge in [-0.1, -0.05) is 24.3 Å². The molecular formula is C18H18N2O3. The summed E-state index contributed by atoms with van der Waals surface area (Å²) in [5, 5.41) is 2.64. The number of ether oxygens (including phenoxy) is 1. The second kappa shape index (κ2) is 7.79. The molecule has 0 radical (unpaired) electrons. The molecule has 0 aliphatic carbocycles. The quantitative estimate of drug-likeness (QED) is 0.805. The maximum Gasteiger partial charge on any atom is 0.250 e. The number of hydrogen-bond acceptors (Lipinski definition) is 3. The Balaban J connectivity index is 2.03. The van der Waals surface area contributed by atoms with Gasteiger partial charge in [-0.3, -0.25) is 9.59 Å². The largest absolute Gasteiger partial charge is 0.494 e. The second-order valence-electron chi connectivity index (χ2n) is 4.73. The summed E-state index contributed by atoms with van der Waals surface area (Å²) in [6.07, 6.45) is 3.07. The summed E-state index contributed by atoms with van der Waals surface area (Å²) >= 11 is 0. The van der Waals surface area contributed by atoms with Crippen molar-refractivity contribution in [3.8, 4) is 5.75 Å². The minimum atomic E-state index is -0.587. The van der Waals surface area contributed by atoms with E-state index in [1.807, 2.05) is 31.2 Å². The van der Waals surface area contributed by atoms with E-state index in [2.05, 4.69) is 5.32 Å². The zero-order chi connectivity index (χ0) is 16.7. The molecule has 23 heavy (non-hydrogen) atoms. The minimum Gasteiger partial charge on any atom is -0.494 e. The van der Waals surface area contributed by atoms with Gasteiger partial charge in [0.2, 0.25) is 5.91 Å². The smallest absolute Gasteiger partial charge is 0.250 e. The number of para-hydroxylation sites is 1. The van der Waals surface area contributed by atoms with E-state index in [0.717, 1.165) is 11.3 Å². The highest BCUT2D eigenvalue weighted by Crippen LogP contribution is 2.15. The SMILES string of the molecule is CCOc1ccc(C=CC(=O)Nc2ccccc2C(N)=O)cc1. The van der Waals surface area contributed by atoms with Crippen LogP contribution >= 0.6 is 0 Å². The first-order chi connectivity index (χ1) is 11.1. The molecule has 0 aromatic heterocycles. The lowest BCUT2D eigenvalue weighted by Gasteiger charge is -2.06. The molecule has 0 aliphatic rings. The Hall–Kier alpha value is -3.08. The summed E-state index contributed by atoms with van der Waals surface area (Å²) < 4.78 is 5.35. The van der Waals surface area contributed by atoms with Gasteiger partial charge in [-0.25, -0.2) is 0 Å². The Morgan fingerprint density at radius 1 is 1.13 bits per heavy atom. The van der Waals surface area contributed by atoms with E-state index >= 15 is 0 Å². The van der Waals surface area contributed by atoms with E-state index in [-0.39, 0.29) is 11.5 Å². The van der Waals surface area contributed by atoms with Crippen molar-refractivity contribution in [3.05, 3.63) is 65.7 Å². The van der Waals surface area contributed by atoms with E-state index in [9.17, 15) is 9.59 Å². The lowest BCUT2D eigenvalue weighted by Crippen LogP contribution is -2.16. The first kappa shape index (κ1) is 16.3. The van der Waals surface area contributed by atoms with Gasteiger partial charge in [0.05, 0.1) is 17.9 Å². The summed E-state index contributed by atoms with van der Waals surface area (Å²) in [4.78, 5) is 23.3. The van der Waals surface area contributed by atoms with E-state index < -0.39 is 5.91 Å². The molecule has 0 spiro atoms. The number of carbonyl (C=O) groups excluding carboxylic acids is 2. The number of amides is 2. The predicted octanol–water partition coefficient (Wildman–Crippen LogP) is 2.84. The molecule has 3 N–H and O–H groups in total. The van der Waals surface area contributed by atoms with Gasteiger partial charge in [0.15, 0.2) is 0 Å². The molecule has 2 aromatic carbocycles. The second-order valence-corrected chi connectivity index (χ2v) is 4.73. The van der Waals surface area contributed by atoms with Crippen LogP contribution in [0.5, 0.6) is 5.75 Å². The first-order valence-electron chi connectivity index (χ1n) is 7.21. The fourth-order valence-corrected chi connectivity index (χ4v) is 2.00. The Morgan fingerprint density at radius 3 is 2.48 bits per heavy atom. The molecule has 5 nitrogen and oxygen atoms in total. The summed E-state index contributed by atoms with van der Waals surface area (Å²) in [7, 11) is 0. The van der Waals surface area contributed by atoms with Crippen LogP contribution in [0.25, 0.3) is 6.08 Å². The van der Waals surface area contributed by atoms with Crippen LogP contribution in [0, 0.1) is 0 Å². The molecule has 0 saturated heterocycles. The molecule has 0 heterocycles. The van der Waals surface area contributed by atoms with Gasteiger partial charge in [0, 0.05) is 6.08 Å². The third-order valence-electron chi connectivity index (χ3n) is 3.07. The van der Waals surface area contributed by atoms with Crippen LogP contribution in [0.3, 0.4) is 0 Å². The van der Waals surface area contributed by atoms with Crippen molar-refractivity contribution in [2.75, 3.05) is 11.9 Å². The molecule has 0 bridgehead atoms. The van der Waals surface area contributed by atoms with Gasteiger partial charge in [-0.2, -0.15) is 0 Å². The number of rotatable bonds is 6. The van der Waals surface area contributed by atoms with Crippen molar-refractivity contribution in [1.29, 1.82) is 0 Å². The average Bonchev–Trinajstić information content (AvgIpc) is 2.55. The molecule has 118 valence electrons. The van der Waals surface area contributed by atoms with E-state index in [1.54, 1.807) is 30.3 Å². The number of primary amides is 1. The van der Waals surface area contributed by atoms with Crippen LogP contribution < -0.4 is 15.8 Å². The first-order valence-corrected chi connectivity index (χ1v) is 7.21. The van der Waals surface area contributed by atoms with E-state index in [1.165, 1.54) is 6.08 Å². The molecule has 2 amide bonds. The average molecular weight is 310 g/mol. The van der Waals surface area contributed by atoms with Crippen LogP contribution in [-0.4, -0.2) is 18.4 Å². The molecule has 0 unspecified atom stereocenters. The van der Waals surface area contributed by atoms with Gasteiger partial charge in [0.25, 0.3) is 5.91 Å². The molecule has 0 aliphatic heterocycles. The third-order valence-corrected chi connectivity index (χ3v) is 3.07. The standard InChI is InChI=1S/C18H18N2O3/c1-2-23-14-10-7-13(8-11-14)9-12-17(21)20-16-6-4-3-5-15(16)18(19)22/h3-12H,2H2,1H3,(H2,19,22)(H,20,21). The Morgan fingerprint density at radius 2 is 1.83 bits per heavy atom. The van der Waals surface area contributed by atoms with Crippen LogP contribution in [-0.2, 0) is 4.79 Å². The number of benzene rings is 2. The van der Waals surface area contributed by atoms with Crippen molar-refractivity contribution in [3.63, 3.8) is 0 Å². The fraction of sp³-hybridized carbons (Fsp3) is 0.111. The van der Waals surface area contributed by atoms with Gasteiger partial charge in [0.1, 0.15) is 5.75 Å². The van der Waals surface area contributed by atoms with Crippen LogP contribution in [0.1, 0.15) is 22.8 Å². The van der Waals surface area contributed by atoms with E-state index in [4.69, 9.17) is 10.5 Å². The highest BCUT2D eigenvalue weighted by Gasteiger charge is 2.08. The van der Waals surface area contributed by atoms with Gasteiger partial charge in [-0.05, 0) is 42.8 Å². The Labute approximate surface area is 134 Å². The normalized spacial score (nSPS) is 10.5. The predicted molar refractivity (Wildman–Crippen MR) is 90.2 cm³/mol. The van der Waals surface area contributed by atoms with Crippen LogP contribution in [0.2, 0.25) is 0 Å². The zero-order valence-corrected chi connectivity index (χ0v) is 12.8. The molecular weight excluding hydrogens is 292 g/mol. The maximum atomic E-state index is 12.0. The van der Waals surface area contributed by atoms with Crippen molar-refractivity contribution >= 4 is 23.6 Å². The lowest BCUT2D eigenvalue weighted by atomic mass is 10.1. The summed E-state index contributed by atoms with van der Waals surface area (Å²) in [5.74, 6) is -0.145. The number of hydrogen-bond donors (Lipinski definition) is 2. The highest BCUT2D eigenvalue weighted by atomic mass is 16.5. The van der Waals surface area contributed by atoms with Crippen LogP contribution in [0.15, 0.2) is 54.6 Å². The van der Waals surface area contributed by atoms with Gasteiger partial charge >= 0.3 is 0 Å². The van der Waals surface area contributed by atoms with Crippen molar-refractivity contribution in [2.45, 2.75) is 6.92 Å². The fourth-order valence-electron chi connectivity index (χ4n) is 2.00. The summed E-state index contributed by atoms with van der Waals surface area (Å²) in [5.41, 5.74) is 6.80. The monoisotopic (exact) mass is 310 g/mol. The molecule has 0 saturated carbocycles. The summed E-state index contributed by atoms with van der Waals surface area (Å²) in [6, 6.07) is 14.0. The number of nitrogens with one attached hydrogen (secondary N) is 1. The molecule has 0 atom stereocenters. The van der Waals surface area contributed by atoms with Gasteiger partial charge < -0.3 is 15.8 Å². The minimum absolute atomic E-state index is 0.273. The van der Waals surface area contributed by atoms with Crippen molar-refractivity contribution in [2.24, 2.45) is 5.73 Å². The lowest BCUT2D eigenvalue weighted by molar-refractivity contribution is -0.111.